The number of benzene rings is 1. The van der Waals surface area contributed by atoms with E-state index >= 15 is 0 Å². The number of nitrogens with zero attached hydrogens (tertiary/aromatic N) is 1. The van der Waals surface area contributed by atoms with Gasteiger partial charge in [0.05, 0.1) is 12.9 Å². The Kier molecular flexibility index (Phi) is 4.21. The predicted octanol–water partition coefficient (Wildman–Crippen LogP) is 4.38. The van der Waals surface area contributed by atoms with Crippen LogP contribution >= 0.6 is 0 Å². The molecule has 4 nitrogen and oxygen atoms in total. The van der Waals surface area contributed by atoms with E-state index in [2.05, 4.69) is 35.1 Å². The lowest BCUT2D eigenvalue weighted by Gasteiger charge is -2.35. The average Bonchev–Trinajstić information content (AvgIpc) is 3.01. The van der Waals surface area contributed by atoms with Crippen molar-refractivity contribution in [1.29, 1.82) is 0 Å². The second kappa shape index (κ2) is 6.13. The van der Waals surface area contributed by atoms with Crippen molar-refractivity contribution >= 4 is 0 Å². The fourth-order valence-electron chi connectivity index (χ4n) is 2.99. The summed E-state index contributed by atoms with van der Waals surface area (Å²) in [5.41, 5.74) is 3.50. The Balaban J connectivity index is 2.01. The molecular formula is C18H24N2O2. The molecule has 1 aliphatic heterocycles. The highest BCUT2D eigenvalue weighted by Crippen LogP contribution is 2.41. The molecule has 1 aromatic heterocycles. The van der Waals surface area contributed by atoms with Crippen LogP contribution in [0.3, 0.4) is 0 Å². The van der Waals surface area contributed by atoms with Crippen LogP contribution in [-0.4, -0.2) is 15.8 Å². The molecule has 2 heterocycles. The summed E-state index contributed by atoms with van der Waals surface area (Å²) in [6, 6.07) is 6.34. The molecule has 0 radical (unpaired) electrons. The molecule has 118 valence electrons. The Morgan fingerprint density at radius 3 is 2.95 bits per heavy atom. The van der Waals surface area contributed by atoms with E-state index < -0.39 is 5.79 Å². The largest absolute Gasteiger partial charge is 0.462 e. The minimum Gasteiger partial charge on any atom is -0.462 e. The molecule has 1 atom stereocenters. The molecule has 1 unspecified atom stereocenters. The van der Waals surface area contributed by atoms with Gasteiger partial charge in [0.25, 0.3) is 0 Å². The first-order valence-corrected chi connectivity index (χ1v) is 8.04. The third kappa shape index (κ3) is 3.02. The topological polar surface area (TPSA) is 47.1 Å². The first kappa shape index (κ1) is 15.1. The zero-order valence-electron chi connectivity index (χ0n) is 13.6. The number of H-pyrrole nitrogens is 1. The number of fused-ring (bicyclic) bond motifs is 1. The Morgan fingerprint density at radius 1 is 1.36 bits per heavy atom. The number of nitrogens with one attached hydrogen (secondary N) is 1. The van der Waals surface area contributed by atoms with Crippen molar-refractivity contribution in [1.82, 2.24) is 9.97 Å². The monoisotopic (exact) mass is 300 g/mol. The lowest BCUT2D eigenvalue weighted by atomic mass is 9.89. The van der Waals surface area contributed by atoms with Gasteiger partial charge in [0.15, 0.2) is 0 Å². The van der Waals surface area contributed by atoms with E-state index in [1.807, 2.05) is 20.0 Å². The number of imidazole rings is 1. The van der Waals surface area contributed by atoms with Crippen molar-refractivity contribution in [2.24, 2.45) is 0 Å². The van der Waals surface area contributed by atoms with Crippen molar-refractivity contribution in [2.45, 2.75) is 58.3 Å². The molecule has 0 fully saturated rings. The van der Waals surface area contributed by atoms with E-state index in [0.29, 0.717) is 6.61 Å². The summed E-state index contributed by atoms with van der Waals surface area (Å²) in [5, 5.41) is 0. The summed E-state index contributed by atoms with van der Waals surface area (Å²) in [6.07, 6.45) is 7.10. The van der Waals surface area contributed by atoms with Gasteiger partial charge in [-0.1, -0.05) is 38.0 Å². The van der Waals surface area contributed by atoms with Crippen LogP contribution in [0.2, 0.25) is 0 Å². The minimum atomic E-state index is -0.577. The summed E-state index contributed by atoms with van der Waals surface area (Å²) < 4.78 is 11.9. The lowest BCUT2D eigenvalue weighted by Crippen LogP contribution is -2.36. The molecule has 3 rings (SSSR count). The summed E-state index contributed by atoms with van der Waals surface area (Å²) in [6.45, 7) is 6.74. The average molecular weight is 300 g/mol. The van der Waals surface area contributed by atoms with Gasteiger partial charge >= 0.3 is 0 Å². The zero-order valence-corrected chi connectivity index (χ0v) is 13.6. The molecule has 0 bridgehead atoms. The standard InChI is InChI=1S/C18H24N2O2/c1-4-5-8-14(16-10-19-12-20-16)15-9-6-7-13-11-21-18(2,3)22-17(13)15/h6-7,9-10,12,14H,4-5,8,11H2,1-3H3,(H,19,20). The molecule has 22 heavy (non-hydrogen) atoms. The molecule has 0 aliphatic carbocycles. The van der Waals surface area contributed by atoms with Gasteiger partial charge in [-0.25, -0.2) is 4.98 Å². The third-order valence-corrected chi connectivity index (χ3v) is 4.17. The van der Waals surface area contributed by atoms with Crippen molar-refractivity contribution < 1.29 is 9.47 Å². The van der Waals surface area contributed by atoms with Gasteiger partial charge in [-0.3, -0.25) is 0 Å². The number of aromatic amines is 1. The second-order valence-corrected chi connectivity index (χ2v) is 6.33. The molecule has 4 heteroatoms. The maximum Gasteiger partial charge on any atom is 0.205 e. The number of unbranched alkanes of at least 4 members (excludes halogenated alkanes) is 1. The molecule has 1 N–H and O–H groups in total. The van der Waals surface area contributed by atoms with E-state index in [9.17, 15) is 0 Å². The molecule has 2 aromatic rings. The fourth-order valence-corrected chi connectivity index (χ4v) is 2.99. The van der Waals surface area contributed by atoms with E-state index in [4.69, 9.17) is 9.47 Å². The van der Waals surface area contributed by atoms with Crippen LogP contribution < -0.4 is 4.74 Å². The third-order valence-electron chi connectivity index (χ3n) is 4.17. The van der Waals surface area contributed by atoms with Crippen molar-refractivity contribution in [3.05, 3.63) is 47.5 Å². The smallest absolute Gasteiger partial charge is 0.205 e. The van der Waals surface area contributed by atoms with E-state index in [-0.39, 0.29) is 5.92 Å². The minimum absolute atomic E-state index is 0.284. The number of aromatic nitrogens is 2. The number of ether oxygens (including phenoxy) is 2. The van der Waals surface area contributed by atoms with Crippen LogP contribution in [0.15, 0.2) is 30.7 Å². The van der Waals surface area contributed by atoms with E-state index in [0.717, 1.165) is 23.4 Å². The van der Waals surface area contributed by atoms with Crippen molar-refractivity contribution in [2.75, 3.05) is 0 Å². The highest BCUT2D eigenvalue weighted by Gasteiger charge is 2.31. The molecule has 1 aromatic carbocycles. The molecule has 0 saturated heterocycles. The van der Waals surface area contributed by atoms with Gasteiger partial charge in [-0.05, 0) is 6.42 Å². The normalized spacial score (nSPS) is 17.6. The second-order valence-electron chi connectivity index (χ2n) is 6.33. The van der Waals surface area contributed by atoms with Crippen LogP contribution in [0, 0.1) is 0 Å². The quantitative estimate of drug-likeness (QED) is 0.891. The lowest BCUT2D eigenvalue weighted by molar-refractivity contribution is -0.180. The van der Waals surface area contributed by atoms with Crippen LogP contribution in [0.5, 0.6) is 5.75 Å². The fraction of sp³-hybridized carbons (Fsp3) is 0.500. The van der Waals surface area contributed by atoms with Crippen LogP contribution in [0.1, 0.15) is 62.8 Å². The summed E-state index contributed by atoms with van der Waals surface area (Å²) in [7, 11) is 0. The number of para-hydroxylation sites is 1. The van der Waals surface area contributed by atoms with E-state index in [1.165, 1.54) is 18.4 Å². The van der Waals surface area contributed by atoms with Gasteiger partial charge in [0.1, 0.15) is 5.75 Å². The van der Waals surface area contributed by atoms with Crippen molar-refractivity contribution in [3.63, 3.8) is 0 Å². The summed E-state index contributed by atoms with van der Waals surface area (Å²) >= 11 is 0. The molecule has 0 saturated carbocycles. The number of rotatable bonds is 5. The van der Waals surface area contributed by atoms with Gasteiger partial charge in [-0.15, -0.1) is 0 Å². The first-order valence-electron chi connectivity index (χ1n) is 8.04. The van der Waals surface area contributed by atoms with Crippen LogP contribution in [0.4, 0.5) is 0 Å². The highest BCUT2D eigenvalue weighted by molar-refractivity contribution is 5.46. The summed E-state index contributed by atoms with van der Waals surface area (Å²) in [5.74, 6) is 0.688. The molecular weight excluding hydrogens is 276 g/mol. The molecule has 0 spiro atoms. The Hall–Kier alpha value is -1.81. The van der Waals surface area contributed by atoms with E-state index in [1.54, 1.807) is 6.33 Å². The predicted molar refractivity (Wildman–Crippen MR) is 85.9 cm³/mol. The zero-order chi connectivity index (χ0) is 15.6. The molecule has 0 amide bonds. The summed E-state index contributed by atoms with van der Waals surface area (Å²) in [4.78, 5) is 7.47. The Labute approximate surface area is 131 Å². The Bertz CT molecular complexity index is 620. The van der Waals surface area contributed by atoms with Gasteiger partial charge in [0.2, 0.25) is 5.79 Å². The number of hydrogen-bond acceptors (Lipinski definition) is 3. The van der Waals surface area contributed by atoms with Crippen LogP contribution in [-0.2, 0) is 11.3 Å². The van der Waals surface area contributed by atoms with Gasteiger partial charge < -0.3 is 14.5 Å². The van der Waals surface area contributed by atoms with Gasteiger partial charge in [0, 0.05) is 42.8 Å². The molecule has 1 aliphatic rings. The Morgan fingerprint density at radius 2 is 2.23 bits per heavy atom. The highest BCUT2D eigenvalue weighted by atomic mass is 16.7. The van der Waals surface area contributed by atoms with Gasteiger partial charge in [-0.2, -0.15) is 0 Å². The SMILES string of the molecule is CCCCC(c1cnc[nH]1)c1cccc2c1OC(C)(C)OC2. The van der Waals surface area contributed by atoms with Crippen LogP contribution in [0.25, 0.3) is 0 Å². The maximum absolute atomic E-state index is 6.15. The maximum atomic E-state index is 6.15. The first-order chi connectivity index (χ1) is 10.6. The number of hydrogen-bond donors (Lipinski definition) is 1. The van der Waals surface area contributed by atoms with Crippen molar-refractivity contribution in [3.8, 4) is 5.75 Å².